The Morgan fingerprint density at radius 1 is 1.30 bits per heavy atom. The van der Waals surface area contributed by atoms with E-state index in [9.17, 15) is 4.79 Å². The summed E-state index contributed by atoms with van der Waals surface area (Å²) in [6.07, 6.45) is 6.32. The third kappa shape index (κ3) is 3.48. The van der Waals surface area contributed by atoms with Crippen molar-refractivity contribution >= 4 is 11.9 Å². The van der Waals surface area contributed by atoms with Crippen LogP contribution in [0.2, 0.25) is 0 Å². The molecular formula is C21H26N4O2. The number of hydrogen-bond acceptors (Lipinski definition) is 5. The lowest BCUT2D eigenvalue weighted by molar-refractivity contribution is -0.132. The number of amides is 1. The molecule has 2 aromatic rings. The summed E-state index contributed by atoms with van der Waals surface area (Å²) in [5.41, 5.74) is 9.05. The first kappa shape index (κ1) is 17.8. The molecule has 2 heterocycles. The molecule has 6 nitrogen and oxygen atoms in total. The zero-order chi connectivity index (χ0) is 18.9. The molecule has 1 fully saturated rings. The Hall–Kier alpha value is -2.63. The summed E-state index contributed by atoms with van der Waals surface area (Å²) in [6.45, 7) is 4.15. The summed E-state index contributed by atoms with van der Waals surface area (Å²) < 4.78 is 5.47. The molecule has 0 bridgehead atoms. The number of nitrogens with zero attached hydrogens (tertiary/aromatic N) is 3. The Labute approximate surface area is 159 Å². The second-order valence-electron chi connectivity index (χ2n) is 7.55. The minimum absolute atomic E-state index is 0.0564. The van der Waals surface area contributed by atoms with E-state index in [1.165, 1.54) is 5.56 Å². The zero-order valence-electron chi connectivity index (χ0n) is 15.8. The van der Waals surface area contributed by atoms with Crippen LogP contribution in [0.5, 0.6) is 5.75 Å². The first-order chi connectivity index (χ1) is 13.1. The maximum absolute atomic E-state index is 12.9. The van der Waals surface area contributed by atoms with Gasteiger partial charge in [-0.15, -0.1) is 0 Å². The van der Waals surface area contributed by atoms with Crippen molar-refractivity contribution in [3.63, 3.8) is 0 Å². The highest BCUT2D eigenvalue weighted by Crippen LogP contribution is 2.44. The number of anilines is 1. The van der Waals surface area contributed by atoms with Gasteiger partial charge in [0.05, 0.1) is 18.7 Å². The van der Waals surface area contributed by atoms with Crippen molar-refractivity contribution in [2.45, 2.75) is 44.4 Å². The van der Waals surface area contributed by atoms with Gasteiger partial charge in [-0.05, 0) is 55.9 Å². The van der Waals surface area contributed by atoms with E-state index in [2.05, 4.69) is 9.97 Å². The third-order valence-electron chi connectivity index (χ3n) is 5.78. The second-order valence-corrected chi connectivity index (χ2v) is 7.55. The van der Waals surface area contributed by atoms with Gasteiger partial charge >= 0.3 is 0 Å². The Kier molecular flexibility index (Phi) is 4.72. The van der Waals surface area contributed by atoms with E-state index in [-0.39, 0.29) is 11.3 Å². The Bertz CT molecular complexity index is 833. The predicted molar refractivity (Wildman–Crippen MR) is 104 cm³/mol. The van der Waals surface area contributed by atoms with E-state index in [1.807, 2.05) is 42.3 Å². The lowest BCUT2D eigenvalue weighted by atomic mass is 9.77. The number of nitrogen functional groups attached to an aromatic ring is 1. The Morgan fingerprint density at radius 2 is 2.11 bits per heavy atom. The van der Waals surface area contributed by atoms with Gasteiger partial charge in [-0.1, -0.05) is 12.1 Å². The molecule has 1 amide bonds. The van der Waals surface area contributed by atoms with E-state index >= 15 is 0 Å². The van der Waals surface area contributed by atoms with Gasteiger partial charge in [0.15, 0.2) is 0 Å². The van der Waals surface area contributed by atoms with Crippen LogP contribution in [0.3, 0.4) is 0 Å². The van der Waals surface area contributed by atoms with Gasteiger partial charge in [0.25, 0.3) is 0 Å². The topological polar surface area (TPSA) is 81.3 Å². The van der Waals surface area contributed by atoms with Crippen molar-refractivity contribution in [2.75, 3.05) is 25.4 Å². The maximum atomic E-state index is 12.9. The molecule has 2 aliphatic rings. The van der Waals surface area contributed by atoms with Crippen molar-refractivity contribution in [3.05, 3.63) is 47.3 Å². The predicted octanol–water partition coefficient (Wildman–Crippen LogP) is 2.51. The molecule has 142 valence electrons. The van der Waals surface area contributed by atoms with Crippen LogP contribution in [0, 0.1) is 0 Å². The minimum Gasteiger partial charge on any atom is -0.494 e. The number of hydrogen-bond donors (Lipinski definition) is 1. The zero-order valence-corrected chi connectivity index (χ0v) is 15.8. The van der Waals surface area contributed by atoms with Gasteiger partial charge in [-0.3, -0.25) is 4.79 Å². The lowest BCUT2D eigenvalue weighted by Crippen LogP contribution is -2.48. The third-order valence-corrected chi connectivity index (χ3v) is 5.78. The monoisotopic (exact) mass is 366 g/mol. The fourth-order valence-electron chi connectivity index (χ4n) is 4.45. The van der Waals surface area contributed by atoms with Crippen LogP contribution in [0.1, 0.15) is 43.0 Å². The molecule has 0 radical (unpaired) electrons. The SMILES string of the molecule is CCOc1ccc(CC(=O)N2CCCC3(CCc4cnc(N)nc43)C2)cc1. The highest BCUT2D eigenvalue weighted by atomic mass is 16.5. The highest BCUT2D eigenvalue weighted by Gasteiger charge is 2.44. The van der Waals surface area contributed by atoms with Crippen LogP contribution in [-0.2, 0) is 23.1 Å². The van der Waals surface area contributed by atoms with E-state index < -0.39 is 0 Å². The van der Waals surface area contributed by atoms with Crippen LogP contribution in [0.15, 0.2) is 30.5 Å². The molecule has 1 unspecified atom stereocenters. The van der Waals surface area contributed by atoms with Crippen LogP contribution in [0.25, 0.3) is 0 Å². The molecule has 1 spiro atoms. The molecule has 1 atom stereocenters. The van der Waals surface area contributed by atoms with Crippen LogP contribution < -0.4 is 10.5 Å². The summed E-state index contributed by atoms with van der Waals surface area (Å²) in [7, 11) is 0. The van der Waals surface area contributed by atoms with E-state index in [4.69, 9.17) is 10.5 Å². The van der Waals surface area contributed by atoms with Crippen molar-refractivity contribution < 1.29 is 9.53 Å². The number of likely N-dealkylation sites (tertiary alicyclic amines) is 1. The van der Waals surface area contributed by atoms with Gasteiger partial charge < -0.3 is 15.4 Å². The number of fused-ring (bicyclic) bond motifs is 2. The number of aromatic nitrogens is 2. The summed E-state index contributed by atoms with van der Waals surface area (Å²) >= 11 is 0. The van der Waals surface area contributed by atoms with Crippen LogP contribution in [-0.4, -0.2) is 40.5 Å². The van der Waals surface area contributed by atoms with Crippen LogP contribution >= 0.6 is 0 Å². The number of aryl methyl sites for hydroxylation is 1. The fourth-order valence-corrected chi connectivity index (χ4v) is 4.45. The molecule has 1 aliphatic carbocycles. The fraction of sp³-hybridized carbons (Fsp3) is 0.476. The van der Waals surface area contributed by atoms with E-state index in [0.29, 0.717) is 19.0 Å². The van der Waals surface area contributed by atoms with Crippen molar-refractivity contribution in [3.8, 4) is 5.75 Å². The Morgan fingerprint density at radius 3 is 2.89 bits per heavy atom. The average molecular weight is 366 g/mol. The number of benzene rings is 1. The maximum Gasteiger partial charge on any atom is 0.227 e. The quantitative estimate of drug-likeness (QED) is 0.899. The van der Waals surface area contributed by atoms with Crippen molar-refractivity contribution in [2.24, 2.45) is 0 Å². The highest BCUT2D eigenvalue weighted by molar-refractivity contribution is 5.79. The number of piperidine rings is 1. The molecule has 4 rings (SSSR count). The summed E-state index contributed by atoms with van der Waals surface area (Å²) in [5.74, 6) is 1.34. The first-order valence-corrected chi connectivity index (χ1v) is 9.71. The molecule has 1 aromatic carbocycles. The van der Waals surface area contributed by atoms with E-state index in [0.717, 1.165) is 55.8 Å². The van der Waals surface area contributed by atoms with Crippen molar-refractivity contribution in [1.82, 2.24) is 14.9 Å². The van der Waals surface area contributed by atoms with Gasteiger partial charge in [0.1, 0.15) is 5.75 Å². The van der Waals surface area contributed by atoms with Gasteiger partial charge in [-0.25, -0.2) is 9.97 Å². The smallest absolute Gasteiger partial charge is 0.227 e. The number of nitrogens with two attached hydrogens (primary N) is 1. The molecule has 1 aromatic heterocycles. The normalized spacial score (nSPS) is 21.3. The second kappa shape index (κ2) is 7.18. The number of rotatable bonds is 4. The minimum atomic E-state index is -0.0564. The molecule has 1 saturated heterocycles. The molecule has 27 heavy (non-hydrogen) atoms. The Balaban J connectivity index is 1.47. The number of ether oxygens (including phenoxy) is 1. The van der Waals surface area contributed by atoms with Crippen molar-refractivity contribution in [1.29, 1.82) is 0 Å². The van der Waals surface area contributed by atoms with Gasteiger partial charge in [0, 0.05) is 24.7 Å². The summed E-state index contributed by atoms with van der Waals surface area (Å²) in [6, 6.07) is 7.80. The van der Waals surface area contributed by atoms with Gasteiger partial charge in [0.2, 0.25) is 11.9 Å². The largest absolute Gasteiger partial charge is 0.494 e. The number of carbonyl (C=O) groups is 1. The van der Waals surface area contributed by atoms with Crippen LogP contribution in [0.4, 0.5) is 5.95 Å². The average Bonchev–Trinajstić information content (AvgIpc) is 3.01. The first-order valence-electron chi connectivity index (χ1n) is 9.71. The summed E-state index contributed by atoms with van der Waals surface area (Å²) in [5, 5.41) is 0. The van der Waals surface area contributed by atoms with E-state index in [1.54, 1.807) is 0 Å². The molecule has 6 heteroatoms. The molecule has 2 N–H and O–H groups in total. The van der Waals surface area contributed by atoms with Gasteiger partial charge in [-0.2, -0.15) is 0 Å². The molecule has 1 aliphatic heterocycles. The standard InChI is InChI=1S/C21H26N4O2/c1-2-27-17-6-4-15(5-7-17)12-18(26)25-11-3-9-21(14-25)10-8-16-13-23-20(22)24-19(16)21/h4-7,13H,2-3,8-12,14H2,1H3,(H2,22,23,24). The summed E-state index contributed by atoms with van der Waals surface area (Å²) in [4.78, 5) is 23.6. The lowest BCUT2D eigenvalue weighted by Gasteiger charge is -2.40. The number of carbonyl (C=O) groups excluding carboxylic acids is 1. The molecular weight excluding hydrogens is 340 g/mol. The molecule has 0 saturated carbocycles.